The van der Waals surface area contributed by atoms with Crippen LogP contribution in [-0.2, 0) is 14.2 Å². The second kappa shape index (κ2) is 7.84. The van der Waals surface area contributed by atoms with Gasteiger partial charge in [-0.25, -0.2) is 4.79 Å². The Hall–Kier alpha value is -0.810. The third kappa shape index (κ3) is 5.64. The number of ether oxygens (including phenoxy) is 3. The molecule has 134 valence electrons. The van der Waals surface area contributed by atoms with E-state index in [9.17, 15) is 4.79 Å². The Balaban J connectivity index is 1.80. The third-order valence-electron chi connectivity index (χ3n) is 4.82. The van der Waals surface area contributed by atoms with Crippen LogP contribution in [0.15, 0.2) is 0 Å². The lowest BCUT2D eigenvalue weighted by atomic mass is 9.88. The number of rotatable bonds is 4. The summed E-state index contributed by atoms with van der Waals surface area (Å²) in [6.45, 7) is 10.8. The number of carbonyl (C=O) groups is 1. The van der Waals surface area contributed by atoms with E-state index < -0.39 is 5.60 Å². The molecule has 1 unspecified atom stereocenters. The van der Waals surface area contributed by atoms with Crippen LogP contribution < -0.4 is 0 Å². The fourth-order valence-corrected chi connectivity index (χ4v) is 3.23. The number of amides is 1. The zero-order chi connectivity index (χ0) is 16.9. The number of nitrogens with zero attached hydrogens (tertiary/aromatic N) is 1. The molecule has 2 heterocycles. The van der Waals surface area contributed by atoms with Gasteiger partial charge in [-0.05, 0) is 59.3 Å². The lowest BCUT2D eigenvalue weighted by Gasteiger charge is -2.42. The summed E-state index contributed by atoms with van der Waals surface area (Å²) in [6.07, 6.45) is 6.25. The maximum absolute atomic E-state index is 12.2. The summed E-state index contributed by atoms with van der Waals surface area (Å²) < 4.78 is 17.5. The van der Waals surface area contributed by atoms with E-state index in [1.807, 2.05) is 20.8 Å². The molecule has 5 heteroatoms. The molecule has 2 rings (SSSR count). The molecule has 0 aromatic carbocycles. The van der Waals surface area contributed by atoms with Crippen molar-refractivity contribution in [3.05, 3.63) is 0 Å². The SMILES string of the molecule is CCC1(OCC2CCCCO2)CCN(C(=O)OC(C)(C)C)CC1. The van der Waals surface area contributed by atoms with Crippen molar-refractivity contribution in [1.29, 1.82) is 0 Å². The maximum Gasteiger partial charge on any atom is 0.410 e. The zero-order valence-electron chi connectivity index (χ0n) is 15.2. The molecule has 1 amide bonds. The molecule has 0 aliphatic carbocycles. The summed E-state index contributed by atoms with van der Waals surface area (Å²) in [6, 6.07) is 0. The van der Waals surface area contributed by atoms with Gasteiger partial charge in [-0.3, -0.25) is 0 Å². The minimum Gasteiger partial charge on any atom is -0.444 e. The predicted molar refractivity (Wildman–Crippen MR) is 89.6 cm³/mol. The normalized spacial score (nSPS) is 25.2. The molecule has 0 bridgehead atoms. The van der Waals surface area contributed by atoms with Gasteiger partial charge in [0.05, 0.1) is 18.3 Å². The molecule has 2 aliphatic rings. The summed E-state index contributed by atoms with van der Waals surface area (Å²) in [5.74, 6) is 0. The Kier molecular flexibility index (Phi) is 6.32. The molecule has 0 saturated carbocycles. The van der Waals surface area contributed by atoms with E-state index in [-0.39, 0.29) is 17.8 Å². The van der Waals surface area contributed by atoms with E-state index in [0.29, 0.717) is 19.7 Å². The van der Waals surface area contributed by atoms with Crippen molar-refractivity contribution < 1.29 is 19.0 Å². The van der Waals surface area contributed by atoms with Gasteiger partial charge >= 0.3 is 6.09 Å². The molecule has 0 aromatic heterocycles. The maximum atomic E-state index is 12.2. The van der Waals surface area contributed by atoms with Crippen molar-refractivity contribution in [2.45, 2.75) is 83.5 Å². The van der Waals surface area contributed by atoms with Gasteiger partial charge in [-0.2, -0.15) is 0 Å². The van der Waals surface area contributed by atoms with E-state index in [1.54, 1.807) is 4.90 Å². The first kappa shape index (κ1) is 18.5. The smallest absolute Gasteiger partial charge is 0.410 e. The van der Waals surface area contributed by atoms with Crippen molar-refractivity contribution in [2.75, 3.05) is 26.3 Å². The number of carbonyl (C=O) groups excluding carboxylic acids is 1. The van der Waals surface area contributed by atoms with Crippen LogP contribution in [0.2, 0.25) is 0 Å². The quantitative estimate of drug-likeness (QED) is 0.789. The summed E-state index contributed by atoms with van der Waals surface area (Å²) in [5.41, 5.74) is -0.551. The largest absolute Gasteiger partial charge is 0.444 e. The van der Waals surface area contributed by atoms with Crippen LogP contribution in [0.25, 0.3) is 0 Å². The summed E-state index contributed by atoms with van der Waals surface area (Å²) in [4.78, 5) is 14.0. The Morgan fingerprint density at radius 1 is 1.26 bits per heavy atom. The first-order valence-corrected chi connectivity index (χ1v) is 9.07. The van der Waals surface area contributed by atoms with Crippen molar-refractivity contribution in [1.82, 2.24) is 4.90 Å². The lowest BCUT2D eigenvalue weighted by molar-refractivity contribution is -0.128. The highest BCUT2D eigenvalue weighted by Crippen LogP contribution is 2.31. The van der Waals surface area contributed by atoms with Crippen LogP contribution in [0, 0.1) is 0 Å². The lowest BCUT2D eigenvalue weighted by Crippen LogP contribution is -2.49. The Morgan fingerprint density at radius 3 is 2.48 bits per heavy atom. The number of likely N-dealkylation sites (tertiary alicyclic amines) is 1. The van der Waals surface area contributed by atoms with Crippen LogP contribution in [0.4, 0.5) is 4.79 Å². The van der Waals surface area contributed by atoms with Gasteiger partial charge < -0.3 is 19.1 Å². The summed E-state index contributed by atoms with van der Waals surface area (Å²) >= 11 is 0. The zero-order valence-corrected chi connectivity index (χ0v) is 15.2. The van der Waals surface area contributed by atoms with Gasteiger partial charge in [0.25, 0.3) is 0 Å². The van der Waals surface area contributed by atoms with Crippen LogP contribution >= 0.6 is 0 Å². The molecular weight excluding hydrogens is 294 g/mol. The number of piperidine rings is 1. The monoisotopic (exact) mass is 327 g/mol. The average Bonchev–Trinajstić information content (AvgIpc) is 2.53. The van der Waals surface area contributed by atoms with E-state index in [2.05, 4.69) is 6.92 Å². The molecule has 0 aromatic rings. The van der Waals surface area contributed by atoms with Gasteiger partial charge in [0.1, 0.15) is 5.60 Å². The Bertz CT molecular complexity index is 377. The number of hydrogen-bond acceptors (Lipinski definition) is 4. The van der Waals surface area contributed by atoms with Gasteiger partial charge in [0.2, 0.25) is 0 Å². The van der Waals surface area contributed by atoms with Crippen molar-refractivity contribution in [3.63, 3.8) is 0 Å². The van der Waals surface area contributed by atoms with Gasteiger partial charge in [-0.15, -0.1) is 0 Å². The molecular formula is C18H33NO4. The highest BCUT2D eigenvalue weighted by atomic mass is 16.6. The molecule has 0 radical (unpaired) electrons. The highest BCUT2D eigenvalue weighted by molar-refractivity contribution is 5.68. The molecule has 1 atom stereocenters. The summed E-state index contributed by atoms with van der Waals surface area (Å²) in [5, 5.41) is 0. The Labute approximate surface area is 140 Å². The van der Waals surface area contributed by atoms with E-state index in [1.165, 1.54) is 12.8 Å². The Morgan fingerprint density at radius 2 is 1.96 bits per heavy atom. The van der Waals surface area contributed by atoms with E-state index >= 15 is 0 Å². The molecule has 0 N–H and O–H groups in total. The van der Waals surface area contributed by atoms with Gasteiger partial charge in [-0.1, -0.05) is 6.92 Å². The van der Waals surface area contributed by atoms with Crippen LogP contribution in [0.3, 0.4) is 0 Å². The minimum absolute atomic E-state index is 0.112. The second-order valence-electron chi connectivity index (χ2n) is 7.80. The summed E-state index contributed by atoms with van der Waals surface area (Å²) in [7, 11) is 0. The third-order valence-corrected chi connectivity index (χ3v) is 4.82. The fraction of sp³-hybridized carbons (Fsp3) is 0.944. The van der Waals surface area contributed by atoms with Gasteiger partial charge in [0.15, 0.2) is 0 Å². The van der Waals surface area contributed by atoms with Crippen LogP contribution in [-0.4, -0.2) is 54.6 Å². The van der Waals surface area contributed by atoms with Crippen molar-refractivity contribution in [2.24, 2.45) is 0 Å². The standard InChI is InChI=1S/C18H33NO4/c1-5-18(22-14-15-8-6-7-13-21-15)9-11-19(12-10-18)16(20)23-17(2,3)4/h15H,5-14H2,1-4H3. The predicted octanol–water partition coefficient (Wildman–Crippen LogP) is 3.75. The molecule has 23 heavy (non-hydrogen) atoms. The highest BCUT2D eigenvalue weighted by Gasteiger charge is 2.37. The van der Waals surface area contributed by atoms with Gasteiger partial charge in [0, 0.05) is 19.7 Å². The second-order valence-corrected chi connectivity index (χ2v) is 7.80. The minimum atomic E-state index is -0.439. The first-order chi connectivity index (χ1) is 10.8. The number of hydrogen-bond donors (Lipinski definition) is 0. The average molecular weight is 327 g/mol. The molecule has 5 nitrogen and oxygen atoms in total. The molecule has 0 spiro atoms. The van der Waals surface area contributed by atoms with E-state index in [4.69, 9.17) is 14.2 Å². The first-order valence-electron chi connectivity index (χ1n) is 9.07. The van der Waals surface area contributed by atoms with Crippen molar-refractivity contribution in [3.8, 4) is 0 Å². The van der Waals surface area contributed by atoms with Crippen LogP contribution in [0.5, 0.6) is 0 Å². The van der Waals surface area contributed by atoms with E-state index in [0.717, 1.165) is 32.3 Å². The van der Waals surface area contributed by atoms with Crippen LogP contribution in [0.1, 0.15) is 66.2 Å². The topological polar surface area (TPSA) is 48.0 Å². The fourth-order valence-electron chi connectivity index (χ4n) is 3.23. The van der Waals surface area contributed by atoms with Crippen molar-refractivity contribution >= 4 is 6.09 Å². The molecule has 2 fully saturated rings. The molecule has 2 saturated heterocycles. The molecule has 2 aliphatic heterocycles.